The highest BCUT2D eigenvalue weighted by molar-refractivity contribution is 9.09. The molecule has 3 heteroatoms. The van der Waals surface area contributed by atoms with Crippen molar-refractivity contribution in [2.75, 3.05) is 7.11 Å². The van der Waals surface area contributed by atoms with Crippen molar-refractivity contribution in [3.8, 4) is 5.75 Å². The minimum absolute atomic E-state index is 0.00653. The van der Waals surface area contributed by atoms with Crippen LogP contribution in [0.2, 0.25) is 0 Å². The van der Waals surface area contributed by atoms with Crippen molar-refractivity contribution in [1.29, 1.82) is 0 Å². The Kier molecular flexibility index (Phi) is 4.02. The molecule has 0 spiro atoms. The second-order valence-corrected chi connectivity index (χ2v) is 5.03. The SMILES string of the molecule is COc1ccccc1C(Br)c1ccc(F)c(C)c1. The highest BCUT2D eigenvalue weighted by atomic mass is 79.9. The average Bonchev–Trinajstić information content (AvgIpc) is 2.41. The first-order chi connectivity index (χ1) is 8.63. The Morgan fingerprint density at radius 2 is 1.89 bits per heavy atom. The molecule has 1 unspecified atom stereocenters. The standard InChI is InChI=1S/C15H14BrFO/c1-10-9-11(7-8-13(10)17)15(16)12-5-3-4-6-14(12)18-2/h3-9,15H,1-2H3. The number of hydrogen-bond acceptors (Lipinski definition) is 1. The van der Waals surface area contributed by atoms with Crippen molar-refractivity contribution in [2.24, 2.45) is 0 Å². The Bertz CT molecular complexity index is 554. The quantitative estimate of drug-likeness (QED) is 0.751. The summed E-state index contributed by atoms with van der Waals surface area (Å²) in [4.78, 5) is -0.00653. The number of alkyl halides is 1. The maximum atomic E-state index is 13.3. The Morgan fingerprint density at radius 1 is 1.17 bits per heavy atom. The summed E-state index contributed by atoms with van der Waals surface area (Å²) in [5, 5.41) is 0. The number of rotatable bonds is 3. The van der Waals surface area contributed by atoms with Crippen LogP contribution in [0.1, 0.15) is 21.5 Å². The molecule has 0 N–H and O–H groups in total. The van der Waals surface area contributed by atoms with E-state index in [0.717, 1.165) is 16.9 Å². The zero-order chi connectivity index (χ0) is 13.1. The molecule has 0 amide bonds. The molecule has 0 aliphatic carbocycles. The van der Waals surface area contributed by atoms with Crippen LogP contribution in [0.25, 0.3) is 0 Å². The van der Waals surface area contributed by atoms with Crippen LogP contribution in [0.15, 0.2) is 42.5 Å². The lowest BCUT2D eigenvalue weighted by atomic mass is 10.0. The van der Waals surface area contributed by atoms with E-state index in [1.165, 1.54) is 6.07 Å². The predicted octanol–water partition coefficient (Wildman–Crippen LogP) is 4.63. The van der Waals surface area contributed by atoms with Crippen molar-refractivity contribution in [1.82, 2.24) is 0 Å². The molecule has 0 saturated heterocycles. The molecule has 94 valence electrons. The van der Waals surface area contributed by atoms with Gasteiger partial charge >= 0.3 is 0 Å². The Balaban J connectivity index is 2.41. The van der Waals surface area contributed by atoms with Crippen LogP contribution >= 0.6 is 15.9 Å². The van der Waals surface area contributed by atoms with Crippen LogP contribution in [0.4, 0.5) is 4.39 Å². The Hall–Kier alpha value is -1.35. The summed E-state index contributed by atoms with van der Waals surface area (Å²) in [7, 11) is 1.65. The van der Waals surface area contributed by atoms with Crippen LogP contribution in [-0.2, 0) is 0 Å². The minimum Gasteiger partial charge on any atom is -0.496 e. The molecule has 0 radical (unpaired) electrons. The largest absolute Gasteiger partial charge is 0.496 e. The summed E-state index contributed by atoms with van der Waals surface area (Å²) >= 11 is 3.64. The number of ether oxygens (including phenoxy) is 1. The van der Waals surface area contributed by atoms with E-state index in [0.29, 0.717) is 5.56 Å². The third-order valence-corrected chi connectivity index (χ3v) is 3.91. The fourth-order valence-corrected chi connectivity index (χ4v) is 2.54. The van der Waals surface area contributed by atoms with Crippen LogP contribution < -0.4 is 4.74 Å². The highest BCUT2D eigenvalue weighted by Crippen LogP contribution is 2.36. The van der Waals surface area contributed by atoms with Gasteiger partial charge in [0.2, 0.25) is 0 Å². The van der Waals surface area contributed by atoms with Crippen molar-refractivity contribution in [3.63, 3.8) is 0 Å². The maximum absolute atomic E-state index is 13.3. The van der Waals surface area contributed by atoms with Gasteiger partial charge < -0.3 is 4.74 Å². The van der Waals surface area contributed by atoms with Gasteiger partial charge in [0.1, 0.15) is 11.6 Å². The number of para-hydroxylation sites is 1. The summed E-state index contributed by atoms with van der Waals surface area (Å²) in [6, 6.07) is 12.9. The fourth-order valence-electron chi connectivity index (χ4n) is 1.88. The molecule has 1 atom stereocenters. The molecule has 2 aromatic carbocycles. The van der Waals surface area contributed by atoms with Gasteiger partial charge in [0, 0.05) is 5.56 Å². The number of benzene rings is 2. The molecule has 0 aromatic heterocycles. The number of methoxy groups -OCH3 is 1. The lowest BCUT2D eigenvalue weighted by Crippen LogP contribution is -1.98. The van der Waals surface area contributed by atoms with E-state index in [1.54, 1.807) is 20.1 Å². The normalized spacial score (nSPS) is 12.2. The topological polar surface area (TPSA) is 9.23 Å². The van der Waals surface area contributed by atoms with Crippen molar-refractivity contribution < 1.29 is 9.13 Å². The van der Waals surface area contributed by atoms with E-state index in [-0.39, 0.29) is 10.6 Å². The molecule has 18 heavy (non-hydrogen) atoms. The lowest BCUT2D eigenvalue weighted by molar-refractivity contribution is 0.410. The summed E-state index contributed by atoms with van der Waals surface area (Å²) < 4.78 is 18.6. The molecular weight excluding hydrogens is 295 g/mol. The smallest absolute Gasteiger partial charge is 0.126 e. The van der Waals surface area contributed by atoms with Gasteiger partial charge in [0.05, 0.1) is 11.9 Å². The number of aryl methyl sites for hydroxylation is 1. The number of hydrogen-bond donors (Lipinski definition) is 0. The van der Waals surface area contributed by atoms with Gasteiger partial charge in [-0.15, -0.1) is 0 Å². The van der Waals surface area contributed by atoms with E-state index in [2.05, 4.69) is 15.9 Å². The predicted molar refractivity (Wildman–Crippen MR) is 74.9 cm³/mol. The zero-order valence-electron chi connectivity index (χ0n) is 10.3. The zero-order valence-corrected chi connectivity index (χ0v) is 11.9. The van der Waals surface area contributed by atoms with E-state index < -0.39 is 0 Å². The fraction of sp³-hybridized carbons (Fsp3) is 0.200. The molecule has 2 aromatic rings. The summed E-state index contributed by atoms with van der Waals surface area (Å²) in [5.74, 6) is 0.639. The van der Waals surface area contributed by atoms with Gasteiger partial charge in [-0.2, -0.15) is 0 Å². The van der Waals surface area contributed by atoms with Crippen LogP contribution in [-0.4, -0.2) is 7.11 Å². The number of halogens is 2. The highest BCUT2D eigenvalue weighted by Gasteiger charge is 2.15. The molecule has 0 aliphatic rings. The molecule has 0 fully saturated rings. The van der Waals surface area contributed by atoms with Crippen molar-refractivity contribution in [2.45, 2.75) is 11.8 Å². The summed E-state index contributed by atoms with van der Waals surface area (Å²) in [6.07, 6.45) is 0. The van der Waals surface area contributed by atoms with Gasteiger partial charge in [0.25, 0.3) is 0 Å². The van der Waals surface area contributed by atoms with Gasteiger partial charge in [-0.05, 0) is 30.2 Å². The first-order valence-electron chi connectivity index (χ1n) is 5.66. The maximum Gasteiger partial charge on any atom is 0.126 e. The Morgan fingerprint density at radius 3 is 2.56 bits per heavy atom. The average molecular weight is 309 g/mol. The molecule has 1 nitrogen and oxygen atoms in total. The third kappa shape index (κ3) is 2.56. The first-order valence-corrected chi connectivity index (χ1v) is 6.58. The molecular formula is C15H14BrFO. The van der Waals surface area contributed by atoms with Crippen molar-refractivity contribution in [3.05, 3.63) is 65.0 Å². The molecule has 0 saturated carbocycles. The monoisotopic (exact) mass is 308 g/mol. The molecule has 2 rings (SSSR count). The second kappa shape index (κ2) is 5.53. The Labute approximate surface area is 115 Å². The summed E-state index contributed by atoms with van der Waals surface area (Å²) in [5.41, 5.74) is 2.69. The molecule has 0 aliphatic heterocycles. The van der Waals surface area contributed by atoms with Crippen LogP contribution in [0.5, 0.6) is 5.75 Å². The molecule has 0 heterocycles. The van der Waals surface area contributed by atoms with E-state index in [1.807, 2.05) is 30.3 Å². The van der Waals surface area contributed by atoms with Crippen LogP contribution in [0, 0.1) is 12.7 Å². The first kappa shape index (κ1) is 13.1. The van der Waals surface area contributed by atoms with E-state index >= 15 is 0 Å². The van der Waals surface area contributed by atoms with Crippen LogP contribution in [0.3, 0.4) is 0 Å². The van der Waals surface area contributed by atoms with E-state index in [9.17, 15) is 4.39 Å². The second-order valence-electron chi connectivity index (χ2n) is 4.11. The molecule has 0 bridgehead atoms. The minimum atomic E-state index is -0.182. The van der Waals surface area contributed by atoms with Gasteiger partial charge in [0.15, 0.2) is 0 Å². The summed E-state index contributed by atoms with van der Waals surface area (Å²) in [6.45, 7) is 1.76. The third-order valence-electron chi connectivity index (χ3n) is 2.89. The van der Waals surface area contributed by atoms with Gasteiger partial charge in [-0.3, -0.25) is 0 Å². The van der Waals surface area contributed by atoms with Gasteiger partial charge in [-0.1, -0.05) is 46.3 Å². The van der Waals surface area contributed by atoms with Crippen molar-refractivity contribution >= 4 is 15.9 Å². The van der Waals surface area contributed by atoms with E-state index in [4.69, 9.17) is 4.74 Å². The van der Waals surface area contributed by atoms with Gasteiger partial charge in [-0.25, -0.2) is 4.39 Å². The lowest BCUT2D eigenvalue weighted by Gasteiger charge is -2.15.